The molecular formula is C10H20N2O4. The van der Waals surface area contributed by atoms with Crippen LogP contribution in [0.15, 0.2) is 0 Å². The van der Waals surface area contributed by atoms with Gasteiger partial charge in [-0.25, -0.2) is 4.79 Å². The summed E-state index contributed by atoms with van der Waals surface area (Å²) in [5.41, 5.74) is 5.23. The molecule has 5 N–H and O–H groups in total. The standard InChI is InChI=1S/C10H20N2O4/c1-10(2,3)7(11)8(14)12-6(4-5-13)9(15)16/h6-7,13H,4-5,11H2,1-3H3,(H,12,14)(H,15,16)/t6-,7+/m0/s1. The summed E-state index contributed by atoms with van der Waals surface area (Å²) in [6.07, 6.45) is -0.0298. The Balaban J connectivity index is 4.46. The number of nitrogens with two attached hydrogens (primary N) is 1. The van der Waals surface area contributed by atoms with Gasteiger partial charge in [0.25, 0.3) is 0 Å². The monoisotopic (exact) mass is 232 g/mol. The molecule has 0 fully saturated rings. The molecule has 0 heterocycles. The highest BCUT2D eigenvalue weighted by atomic mass is 16.4. The molecule has 0 aliphatic rings. The number of hydrogen-bond donors (Lipinski definition) is 4. The summed E-state index contributed by atoms with van der Waals surface area (Å²) in [5, 5.41) is 19.7. The maximum absolute atomic E-state index is 11.6. The Bertz CT molecular complexity index is 260. The molecule has 6 nitrogen and oxygen atoms in total. The molecular weight excluding hydrogens is 212 g/mol. The van der Waals surface area contributed by atoms with Crippen LogP contribution in [0.25, 0.3) is 0 Å². The van der Waals surface area contributed by atoms with Crippen LogP contribution in [-0.4, -0.2) is 40.8 Å². The van der Waals surface area contributed by atoms with E-state index in [-0.39, 0.29) is 13.0 Å². The van der Waals surface area contributed by atoms with E-state index in [2.05, 4.69) is 5.32 Å². The van der Waals surface area contributed by atoms with Crippen molar-refractivity contribution in [3.05, 3.63) is 0 Å². The van der Waals surface area contributed by atoms with Crippen LogP contribution in [0.4, 0.5) is 0 Å². The number of nitrogens with one attached hydrogen (secondary N) is 1. The van der Waals surface area contributed by atoms with Gasteiger partial charge in [-0.1, -0.05) is 20.8 Å². The third-order valence-electron chi connectivity index (χ3n) is 2.25. The Morgan fingerprint density at radius 2 is 1.88 bits per heavy atom. The normalized spacial score (nSPS) is 15.3. The van der Waals surface area contributed by atoms with E-state index in [4.69, 9.17) is 15.9 Å². The highest BCUT2D eigenvalue weighted by Crippen LogP contribution is 2.17. The van der Waals surface area contributed by atoms with Crippen LogP contribution >= 0.6 is 0 Å². The van der Waals surface area contributed by atoms with E-state index < -0.39 is 29.4 Å². The smallest absolute Gasteiger partial charge is 0.326 e. The first-order chi connectivity index (χ1) is 7.20. The molecule has 0 spiro atoms. The zero-order chi connectivity index (χ0) is 12.9. The van der Waals surface area contributed by atoms with Crippen LogP contribution in [0.1, 0.15) is 27.2 Å². The van der Waals surface area contributed by atoms with E-state index in [0.717, 1.165) is 0 Å². The number of carbonyl (C=O) groups excluding carboxylic acids is 1. The summed E-state index contributed by atoms with van der Waals surface area (Å²) < 4.78 is 0. The van der Waals surface area contributed by atoms with Gasteiger partial charge in [-0.15, -0.1) is 0 Å². The van der Waals surface area contributed by atoms with Crippen molar-refractivity contribution in [2.24, 2.45) is 11.1 Å². The van der Waals surface area contributed by atoms with Crippen LogP contribution in [-0.2, 0) is 9.59 Å². The molecule has 0 unspecified atom stereocenters. The quantitative estimate of drug-likeness (QED) is 0.501. The molecule has 0 aromatic heterocycles. The molecule has 0 radical (unpaired) electrons. The molecule has 0 bridgehead atoms. The molecule has 0 rings (SSSR count). The zero-order valence-corrected chi connectivity index (χ0v) is 9.86. The van der Waals surface area contributed by atoms with Gasteiger partial charge >= 0.3 is 5.97 Å². The van der Waals surface area contributed by atoms with E-state index in [1.165, 1.54) is 0 Å². The first kappa shape index (κ1) is 14.9. The highest BCUT2D eigenvalue weighted by Gasteiger charge is 2.30. The number of aliphatic hydroxyl groups is 1. The van der Waals surface area contributed by atoms with Crippen molar-refractivity contribution in [1.82, 2.24) is 5.32 Å². The van der Waals surface area contributed by atoms with Gasteiger partial charge in [0, 0.05) is 13.0 Å². The summed E-state index contributed by atoms with van der Waals surface area (Å²) in [4.78, 5) is 22.3. The molecule has 2 atom stereocenters. The predicted octanol–water partition coefficient (Wildman–Crippen LogP) is -0.688. The van der Waals surface area contributed by atoms with Gasteiger partial charge < -0.3 is 21.3 Å². The predicted molar refractivity (Wildman–Crippen MR) is 58.7 cm³/mol. The van der Waals surface area contributed by atoms with E-state index >= 15 is 0 Å². The minimum atomic E-state index is -1.18. The van der Waals surface area contributed by atoms with Crippen molar-refractivity contribution in [2.45, 2.75) is 39.3 Å². The van der Waals surface area contributed by atoms with Crippen molar-refractivity contribution in [3.63, 3.8) is 0 Å². The molecule has 0 aliphatic heterocycles. The van der Waals surface area contributed by atoms with Crippen LogP contribution in [0.2, 0.25) is 0 Å². The maximum Gasteiger partial charge on any atom is 0.326 e. The minimum absolute atomic E-state index is 0.0298. The van der Waals surface area contributed by atoms with Crippen LogP contribution < -0.4 is 11.1 Å². The lowest BCUT2D eigenvalue weighted by Gasteiger charge is -2.27. The molecule has 1 amide bonds. The van der Waals surface area contributed by atoms with Crippen molar-refractivity contribution in [2.75, 3.05) is 6.61 Å². The highest BCUT2D eigenvalue weighted by molar-refractivity contribution is 5.87. The van der Waals surface area contributed by atoms with Gasteiger partial charge in [-0.3, -0.25) is 4.79 Å². The zero-order valence-electron chi connectivity index (χ0n) is 9.86. The Kier molecular flexibility index (Phi) is 5.40. The number of aliphatic hydroxyl groups excluding tert-OH is 1. The molecule has 0 saturated carbocycles. The summed E-state index contributed by atoms with van der Waals surface area (Å²) in [5.74, 6) is -1.70. The summed E-state index contributed by atoms with van der Waals surface area (Å²) in [7, 11) is 0. The van der Waals surface area contributed by atoms with Crippen LogP contribution in [0.3, 0.4) is 0 Å². The largest absolute Gasteiger partial charge is 0.480 e. The third-order valence-corrected chi connectivity index (χ3v) is 2.25. The fourth-order valence-corrected chi connectivity index (χ4v) is 1.04. The first-order valence-electron chi connectivity index (χ1n) is 5.09. The second-order valence-corrected chi connectivity index (χ2v) is 4.76. The van der Waals surface area contributed by atoms with Gasteiger partial charge in [-0.2, -0.15) is 0 Å². The lowest BCUT2D eigenvalue weighted by molar-refractivity contribution is -0.142. The fourth-order valence-electron chi connectivity index (χ4n) is 1.04. The second-order valence-electron chi connectivity index (χ2n) is 4.76. The topological polar surface area (TPSA) is 113 Å². The number of carbonyl (C=O) groups is 2. The molecule has 6 heteroatoms. The number of rotatable bonds is 5. The third kappa shape index (κ3) is 4.59. The van der Waals surface area contributed by atoms with Crippen LogP contribution in [0.5, 0.6) is 0 Å². The van der Waals surface area contributed by atoms with E-state index in [0.29, 0.717) is 0 Å². The van der Waals surface area contributed by atoms with E-state index in [1.54, 1.807) is 20.8 Å². The molecule has 0 saturated heterocycles. The fraction of sp³-hybridized carbons (Fsp3) is 0.800. The number of carboxylic acid groups (broad SMARTS) is 1. The van der Waals surface area contributed by atoms with Gasteiger partial charge in [-0.05, 0) is 5.41 Å². The van der Waals surface area contributed by atoms with Gasteiger partial charge in [0.1, 0.15) is 6.04 Å². The van der Waals surface area contributed by atoms with Gasteiger partial charge in [0.15, 0.2) is 0 Å². The lowest BCUT2D eigenvalue weighted by Crippen LogP contribution is -2.53. The molecule has 0 aromatic rings. The molecule has 0 aromatic carbocycles. The van der Waals surface area contributed by atoms with Crippen molar-refractivity contribution >= 4 is 11.9 Å². The maximum atomic E-state index is 11.6. The molecule has 94 valence electrons. The number of aliphatic carboxylic acids is 1. The number of carboxylic acids is 1. The molecule has 0 aliphatic carbocycles. The number of hydrogen-bond acceptors (Lipinski definition) is 4. The van der Waals surface area contributed by atoms with Crippen LogP contribution in [0, 0.1) is 5.41 Å². The average Bonchev–Trinajstić information content (AvgIpc) is 2.14. The Labute approximate surface area is 94.8 Å². The van der Waals surface area contributed by atoms with Gasteiger partial charge in [0.2, 0.25) is 5.91 Å². The first-order valence-corrected chi connectivity index (χ1v) is 5.09. The van der Waals surface area contributed by atoms with Gasteiger partial charge in [0.05, 0.1) is 6.04 Å². The van der Waals surface area contributed by atoms with Crippen molar-refractivity contribution in [1.29, 1.82) is 0 Å². The summed E-state index contributed by atoms with van der Waals surface area (Å²) >= 11 is 0. The average molecular weight is 232 g/mol. The summed E-state index contributed by atoms with van der Waals surface area (Å²) in [6.45, 7) is 5.07. The lowest BCUT2D eigenvalue weighted by atomic mass is 9.87. The van der Waals surface area contributed by atoms with E-state index in [9.17, 15) is 9.59 Å². The SMILES string of the molecule is CC(C)(C)[C@H](N)C(=O)N[C@@H](CCO)C(=O)O. The Morgan fingerprint density at radius 3 is 2.19 bits per heavy atom. The number of amides is 1. The Morgan fingerprint density at radius 1 is 1.38 bits per heavy atom. The van der Waals surface area contributed by atoms with Crippen molar-refractivity contribution in [3.8, 4) is 0 Å². The minimum Gasteiger partial charge on any atom is -0.480 e. The second kappa shape index (κ2) is 5.81. The van der Waals surface area contributed by atoms with Crippen molar-refractivity contribution < 1.29 is 19.8 Å². The Hall–Kier alpha value is -1.14. The summed E-state index contributed by atoms with van der Waals surface area (Å²) in [6, 6.07) is -1.88. The van der Waals surface area contributed by atoms with E-state index in [1.807, 2.05) is 0 Å². The molecule has 16 heavy (non-hydrogen) atoms.